The lowest BCUT2D eigenvalue weighted by Gasteiger charge is -2.16. The topological polar surface area (TPSA) is 35.5 Å². The normalized spacial score (nSPS) is 13.7. The van der Waals surface area contributed by atoms with E-state index in [9.17, 15) is 4.79 Å². The van der Waals surface area contributed by atoms with E-state index in [2.05, 4.69) is 25.5 Å². The summed E-state index contributed by atoms with van der Waals surface area (Å²) < 4.78 is 10.4. The Morgan fingerprint density at radius 3 is 2.32 bits per heavy atom. The quantitative estimate of drug-likeness (QED) is 0.700. The molecule has 0 fully saturated rings. The molecule has 0 heterocycles. The minimum atomic E-state index is -0.323. The number of methoxy groups -OCH3 is 1. The summed E-state index contributed by atoms with van der Waals surface area (Å²) in [5.74, 6) is 1.75. The van der Waals surface area contributed by atoms with Crippen LogP contribution in [-0.4, -0.2) is 19.7 Å². The maximum atomic E-state index is 11.3. The van der Waals surface area contributed by atoms with Crippen molar-refractivity contribution in [1.82, 2.24) is 0 Å². The molecule has 2 atom stereocenters. The Hall–Kier alpha value is -1.51. The second-order valence-corrected chi connectivity index (χ2v) is 5.18. The van der Waals surface area contributed by atoms with Gasteiger partial charge in [0.05, 0.1) is 19.3 Å². The Morgan fingerprint density at radius 2 is 1.79 bits per heavy atom. The summed E-state index contributed by atoms with van der Waals surface area (Å²) in [5, 5.41) is 0. The molecule has 0 bridgehead atoms. The van der Waals surface area contributed by atoms with Crippen LogP contribution in [0.4, 0.5) is 0 Å². The van der Waals surface area contributed by atoms with Crippen molar-refractivity contribution in [1.29, 1.82) is 0 Å². The van der Waals surface area contributed by atoms with Crippen LogP contribution in [0.3, 0.4) is 0 Å². The molecule has 0 radical (unpaired) electrons. The molecule has 0 N–H and O–H groups in total. The molecule has 0 saturated heterocycles. The van der Waals surface area contributed by atoms with Gasteiger partial charge in [-0.05, 0) is 42.5 Å². The maximum absolute atomic E-state index is 11.3. The van der Waals surface area contributed by atoms with Gasteiger partial charge in [-0.3, -0.25) is 0 Å². The Labute approximate surface area is 115 Å². The zero-order valence-corrected chi connectivity index (χ0v) is 12.3. The van der Waals surface area contributed by atoms with Crippen molar-refractivity contribution in [2.24, 2.45) is 11.8 Å². The zero-order chi connectivity index (χ0) is 14.3. The molecule has 1 rings (SSSR count). The average molecular weight is 264 g/mol. The van der Waals surface area contributed by atoms with Gasteiger partial charge in [-0.2, -0.15) is 0 Å². The number of rotatable bonds is 7. The van der Waals surface area contributed by atoms with Crippen molar-refractivity contribution in [2.75, 3.05) is 13.7 Å². The van der Waals surface area contributed by atoms with Crippen molar-refractivity contribution < 1.29 is 14.3 Å². The van der Waals surface area contributed by atoms with Gasteiger partial charge in [0.15, 0.2) is 0 Å². The third-order valence-electron chi connectivity index (χ3n) is 3.31. The van der Waals surface area contributed by atoms with Crippen molar-refractivity contribution >= 4 is 5.97 Å². The number of benzene rings is 1. The van der Waals surface area contributed by atoms with Gasteiger partial charge in [-0.15, -0.1) is 0 Å². The second-order valence-electron chi connectivity index (χ2n) is 5.18. The lowest BCUT2D eigenvalue weighted by atomic mass is 9.96. The summed E-state index contributed by atoms with van der Waals surface area (Å²) >= 11 is 0. The molecule has 19 heavy (non-hydrogen) atoms. The molecule has 0 spiro atoms. The second kappa shape index (κ2) is 7.82. The van der Waals surface area contributed by atoms with E-state index in [1.54, 1.807) is 12.1 Å². The van der Waals surface area contributed by atoms with Crippen LogP contribution in [0.25, 0.3) is 0 Å². The van der Waals surface area contributed by atoms with E-state index in [-0.39, 0.29) is 5.97 Å². The zero-order valence-electron chi connectivity index (χ0n) is 12.3. The first-order valence-electron chi connectivity index (χ1n) is 6.88. The molecule has 1 aromatic rings. The third kappa shape index (κ3) is 5.33. The van der Waals surface area contributed by atoms with Gasteiger partial charge in [0.1, 0.15) is 5.75 Å². The summed E-state index contributed by atoms with van der Waals surface area (Å²) in [6, 6.07) is 7.06. The SMILES string of the molecule is CCC(C)CC(C)COc1ccc(C(=O)OC)cc1. The lowest BCUT2D eigenvalue weighted by molar-refractivity contribution is 0.0600. The molecule has 3 nitrogen and oxygen atoms in total. The molecule has 0 amide bonds. The van der Waals surface area contributed by atoms with Gasteiger partial charge in [0.2, 0.25) is 0 Å². The fourth-order valence-electron chi connectivity index (χ4n) is 1.97. The fraction of sp³-hybridized carbons (Fsp3) is 0.562. The van der Waals surface area contributed by atoms with Crippen LogP contribution in [-0.2, 0) is 4.74 Å². The summed E-state index contributed by atoms with van der Waals surface area (Å²) in [6.07, 6.45) is 2.38. The van der Waals surface area contributed by atoms with Crippen LogP contribution in [0.1, 0.15) is 44.0 Å². The summed E-state index contributed by atoms with van der Waals surface area (Å²) in [4.78, 5) is 11.3. The molecule has 3 heteroatoms. The predicted molar refractivity (Wildman–Crippen MR) is 76.5 cm³/mol. The first-order chi connectivity index (χ1) is 9.06. The van der Waals surface area contributed by atoms with E-state index in [1.807, 2.05) is 12.1 Å². The van der Waals surface area contributed by atoms with E-state index in [0.29, 0.717) is 18.1 Å². The lowest BCUT2D eigenvalue weighted by Crippen LogP contribution is -2.12. The van der Waals surface area contributed by atoms with Gasteiger partial charge in [0.25, 0.3) is 0 Å². The molecule has 0 aliphatic heterocycles. The first kappa shape index (κ1) is 15.5. The van der Waals surface area contributed by atoms with Crippen LogP contribution >= 0.6 is 0 Å². The van der Waals surface area contributed by atoms with Crippen LogP contribution in [0.15, 0.2) is 24.3 Å². The molecule has 1 aromatic carbocycles. The summed E-state index contributed by atoms with van der Waals surface area (Å²) in [6.45, 7) is 7.39. The molecular formula is C16H24O3. The van der Waals surface area contributed by atoms with Crippen molar-refractivity contribution in [3.63, 3.8) is 0 Å². The molecule has 2 unspecified atom stereocenters. The summed E-state index contributed by atoms with van der Waals surface area (Å²) in [7, 11) is 1.38. The highest BCUT2D eigenvalue weighted by molar-refractivity contribution is 5.89. The minimum absolute atomic E-state index is 0.323. The largest absolute Gasteiger partial charge is 0.493 e. The maximum Gasteiger partial charge on any atom is 0.337 e. The number of hydrogen-bond donors (Lipinski definition) is 0. The van der Waals surface area contributed by atoms with E-state index in [0.717, 1.165) is 11.7 Å². The Kier molecular flexibility index (Phi) is 6.40. The standard InChI is InChI=1S/C16H24O3/c1-5-12(2)10-13(3)11-19-15-8-6-14(7-9-15)16(17)18-4/h6-9,12-13H,5,10-11H2,1-4H3. The number of esters is 1. The highest BCUT2D eigenvalue weighted by atomic mass is 16.5. The number of ether oxygens (including phenoxy) is 2. The Bertz CT molecular complexity index is 383. The van der Waals surface area contributed by atoms with Crippen molar-refractivity contribution in [3.8, 4) is 5.75 Å². The van der Waals surface area contributed by atoms with Crippen LogP contribution in [0.5, 0.6) is 5.75 Å². The van der Waals surface area contributed by atoms with E-state index < -0.39 is 0 Å². The van der Waals surface area contributed by atoms with Crippen LogP contribution in [0, 0.1) is 11.8 Å². The average Bonchev–Trinajstić information content (AvgIpc) is 2.44. The smallest absolute Gasteiger partial charge is 0.337 e. The van der Waals surface area contributed by atoms with Crippen molar-refractivity contribution in [2.45, 2.75) is 33.6 Å². The van der Waals surface area contributed by atoms with Gasteiger partial charge < -0.3 is 9.47 Å². The molecule has 0 saturated carbocycles. The van der Waals surface area contributed by atoms with Gasteiger partial charge in [-0.1, -0.05) is 27.2 Å². The molecular weight excluding hydrogens is 240 g/mol. The molecule has 0 aliphatic rings. The highest BCUT2D eigenvalue weighted by Gasteiger charge is 2.09. The van der Waals surface area contributed by atoms with Gasteiger partial charge in [-0.25, -0.2) is 4.79 Å². The predicted octanol–water partition coefficient (Wildman–Crippen LogP) is 3.92. The van der Waals surface area contributed by atoms with E-state index in [1.165, 1.54) is 20.0 Å². The van der Waals surface area contributed by atoms with E-state index in [4.69, 9.17) is 4.74 Å². The Balaban J connectivity index is 2.43. The number of carbonyl (C=O) groups is 1. The summed E-state index contributed by atoms with van der Waals surface area (Å²) in [5.41, 5.74) is 0.544. The number of hydrogen-bond acceptors (Lipinski definition) is 3. The highest BCUT2D eigenvalue weighted by Crippen LogP contribution is 2.18. The van der Waals surface area contributed by atoms with E-state index >= 15 is 0 Å². The minimum Gasteiger partial charge on any atom is -0.493 e. The number of carbonyl (C=O) groups excluding carboxylic acids is 1. The molecule has 0 aromatic heterocycles. The third-order valence-corrected chi connectivity index (χ3v) is 3.31. The van der Waals surface area contributed by atoms with Crippen LogP contribution < -0.4 is 4.74 Å². The van der Waals surface area contributed by atoms with Crippen molar-refractivity contribution in [3.05, 3.63) is 29.8 Å². The molecule has 0 aliphatic carbocycles. The van der Waals surface area contributed by atoms with Gasteiger partial charge >= 0.3 is 5.97 Å². The fourth-order valence-corrected chi connectivity index (χ4v) is 1.97. The first-order valence-corrected chi connectivity index (χ1v) is 6.88. The monoisotopic (exact) mass is 264 g/mol. The Morgan fingerprint density at radius 1 is 1.16 bits per heavy atom. The molecule has 106 valence electrons. The van der Waals surface area contributed by atoms with Crippen LogP contribution in [0.2, 0.25) is 0 Å². The van der Waals surface area contributed by atoms with Gasteiger partial charge in [0, 0.05) is 0 Å².